The van der Waals surface area contributed by atoms with E-state index in [0.717, 1.165) is 12.3 Å². The summed E-state index contributed by atoms with van der Waals surface area (Å²) in [7, 11) is 0. The van der Waals surface area contributed by atoms with E-state index in [0.29, 0.717) is 0 Å². The standard InChI is InChI=1S/C10H5F3O3/c11-10(12,13)6-2-1-3-7-8(6)5(4-16-7)9(14)15/h1-4H,(H,14,15). The van der Waals surface area contributed by atoms with Crippen LogP contribution in [0, 0.1) is 0 Å². The zero-order valence-electron chi connectivity index (χ0n) is 7.71. The maximum Gasteiger partial charge on any atom is 0.417 e. The van der Waals surface area contributed by atoms with Gasteiger partial charge in [-0.1, -0.05) is 6.07 Å². The van der Waals surface area contributed by atoms with E-state index < -0.39 is 28.7 Å². The van der Waals surface area contributed by atoms with E-state index in [2.05, 4.69) is 0 Å². The number of carbonyl (C=O) groups is 1. The molecule has 16 heavy (non-hydrogen) atoms. The van der Waals surface area contributed by atoms with Crippen LogP contribution in [-0.2, 0) is 6.18 Å². The number of halogens is 3. The number of carboxylic acids is 1. The highest BCUT2D eigenvalue weighted by molar-refractivity contribution is 6.03. The van der Waals surface area contributed by atoms with Crippen LogP contribution >= 0.6 is 0 Å². The van der Waals surface area contributed by atoms with E-state index in [4.69, 9.17) is 9.52 Å². The molecule has 0 unspecified atom stereocenters. The molecule has 6 heteroatoms. The highest BCUT2D eigenvalue weighted by Gasteiger charge is 2.35. The van der Waals surface area contributed by atoms with Crippen LogP contribution in [0.5, 0.6) is 0 Å². The lowest BCUT2D eigenvalue weighted by Gasteiger charge is -2.07. The Morgan fingerprint density at radius 2 is 2.00 bits per heavy atom. The van der Waals surface area contributed by atoms with Crippen molar-refractivity contribution in [2.24, 2.45) is 0 Å². The summed E-state index contributed by atoms with van der Waals surface area (Å²) < 4.78 is 42.6. The van der Waals surface area contributed by atoms with Gasteiger partial charge in [-0.2, -0.15) is 13.2 Å². The fraction of sp³-hybridized carbons (Fsp3) is 0.100. The van der Waals surface area contributed by atoms with Crippen LogP contribution in [0.1, 0.15) is 15.9 Å². The molecule has 0 atom stereocenters. The van der Waals surface area contributed by atoms with Crippen molar-refractivity contribution < 1.29 is 27.5 Å². The molecule has 0 aliphatic rings. The molecule has 0 fully saturated rings. The Bertz CT molecular complexity index is 554. The molecule has 0 bridgehead atoms. The quantitative estimate of drug-likeness (QED) is 0.818. The average molecular weight is 230 g/mol. The van der Waals surface area contributed by atoms with Crippen LogP contribution in [0.15, 0.2) is 28.9 Å². The van der Waals surface area contributed by atoms with Gasteiger partial charge in [0.25, 0.3) is 0 Å². The zero-order chi connectivity index (χ0) is 11.9. The summed E-state index contributed by atoms with van der Waals surface area (Å²) in [6.45, 7) is 0. The van der Waals surface area contributed by atoms with Crippen LogP contribution in [0.4, 0.5) is 13.2 Å². The molecule has 0 saturated heterocycles. The third-order valence-corrected chi connectivity index (χ3v) is 2.14. The van der Waals surface area contributed by atoms with E-state index in [1.54, 1.807) is 0 Å². The minimum Gasteiger partial charge on any atom is -0.478 e. The van der Waals surface area contributed by atoms with Crippen LogP contribution in [0.25, 0.3) is 11.0 Å². The fourth-order valence-corrected chi connectivity index (χ4v) is 1.48. The van der Waals surface area contributed by atoms with Crippen molar-refractivity contribution >= 4 is 16.9 Å². The van der Waals surface area contributed by atoms with Crippen LogP contribution in [0.3, 0.4) is 0 Å². The van der Waals surface area contributed by atoms with Gasteiger partial charge in [0.15, 0.2) is 0 Å². The lowest BCUT2D eigenvalue weighted by Crippen LogP contribution is -2.07. The van der Waals surface area contributed by atoms with Crippen molar-refractivity contribution in [2.45, 2.75) is 6.18 Å². The van der Waals surface area contributed by atoms with Gasteiger partial charge >= 0.3 is 12.1 Å². The summed E-state index contributed by atoms with van der Waals surface area (Å²) >= 11 is 0. The molecular formula is C10H5F3O3. The van der Waals surface area contributed by atoms with Crippen LogP contribution in [-0.4, -0.2) is 11.1 Å². The Morgan fingerprint density at radius 1 is 1.31 bits per heavy atom. The average Bonchev–Trinajstić information content (AvgIpc) is 2.58. The first-order chi connectivity index (χ1) is 7.41. The normalized spacial score (nSPS) is 11.9. The van der Waals surface area contributed by atoms with Gasteiger partial charge in [0.1, 0.15) is 17.4 Å². The summed E-state index contributed by atoms with van der Waals surface area (Å²) in [5, 5.41) is 8.32. The van der Waals surface area contributed by atoms with Gasteiger partial charge in [-0.15, -0.1) is 0 Å². The van der Waals surface area contributed by atoms with Gasteiger partial charge < -0.3 is 9.52 Å². The molecule has 2 rings (SSSR count). The van der Waals surface area contributed by atoms with Gasteiger partial charge in [-0.05, 0) is 12.1 Å². The van der Waals surface area contributed by atoms with Gasteiger partial charge in [-0.25, -0.2) is 4.79 Å². The first kappa shape index (κ1) is 10.5. The van der Waals surface area contributed by atoms with Crippen molar-refractivity contribution in [3.8, 4) is 0 Å². The lowest BCUT2D eigenvalue weighted by molar-refractivity contribution is -0.136. The van der Waals surface area contributed by atoms with Crippen molar-refractivity contribution in [3.63, 3.8) is 0 Å². The summed E-state index contributed by atoms with van der Waals surface area (Å²) in [5.41, 5.74) is -1.58. The van der Waals surface area contributed by atoms with Gasteiger partial charge in [0.05, 0.1) is 5.56 Å². The second kappa shape index (κ2) is 3.26. The minimum absolute atomic E-state index is 0.0905. The highest BCUT2D eigenvalue weighted by Crippen LogP contribution is 2.36. The summed E-state index contributed by atoms with van der Waals surface area (Å²) in [4.78, 5) is 10.7. The largest absolute Gasteiger partial charge is 0.478 e. The van der Waals surface area contributed by atoms with E-state index >= 15 is 0 Å². The molecule has 1 N–H and O–H groups in total. The predicted molar refractivity (Wildman–Crippen MR) is 48.2 cm³/mol. The minimum atomic E-state index is -4.60. The number of fused-ring (bicyclic) bond motifs is 1. The Labute approximate surface area is 87.1 Å². The molecule has 1 aromatic heterocycles. The van der Waals surface area contributed by atoms with Crippen LogP contribution < -0.4 is 0 Å². The summed E-state index contributed by atoms with van der Waals surface area (Å²) in [5.74, 6) is -1.45. The van der Waals surface area contributed by atoms with Crippen molar-refractivity contribution in [2.75, 3.05) is 0 Å². The molecule has 2 aromatic rings. The number of rotatable bonds is 1. The molecule has 1 aromatic carbocycles. The molecule has 0 amide bonds. The monoisotopic (exact) mass is 230 g/mol. The number of furan rings is 1. The van der Waals surface area contributed by atoms with E-state index in [1.165, 1.54) is 12.1 Å². The molecule has 0 saturated carbocycles. The molecule has 1 heterocycles. The maximum atomic E-state index is 12.6. The second-order valence-electron chi connectivity index (χ2n) is 3.13. The smallest absolute Gasteiger partial charge is 0.417 e. The molecule has 0 spiro atoms. The molecule has 0 aliphatic heterocycles. The maximum absolute atomic E-state index is 12.6. The molecule has 0 aliphatic carbocycles. The molecule has 0 radical (unpaired) electrons. The van der Waals surface area contributed by atoms with Crippen LogP contribution in [0.2, 0.25) is 0 Å². The van der Waals surface area contributed by atoms with Crippen molar-refractivity contribution in [1.82, 2.24) is 0 Å². The first-order valence-corrected chi connectivity index (χ1v) is 4.22. The van der Waals surface area contributed by atoms with E-state index in [1.807, 2.05) is 0 Å². The van der Waals surface area contributed by atoms with Crippen molar-refractivity contribution in [1.29, 1.82) is 0 Å². The molecule has 84 valence electrons. The Morgan fingerprint density at radius 3 is 2.56 bits per heavy atom. The SMILES string of the molecule is O=C(O)c1coc2cccc(C(F)(F)F)c12. The number of benzene rings is 1. The number of hydrogen-bond donors (Lipinski definition) is 1. The first-order valence-electron chi connectivity index (χ1n) is 4.22. The highest BCUT2D eigenvalue weighted by atomic mass is 19.4. The third kappa shape index (κ3) is 1.52. The topological polar surface area (TPSA) is 50.4 Å². The zero-order valence-corrected chi connectivity index (χ0v) is 7.71. The number of carboxylic acid groups (broad SMARTS) is 1. The Balaban J connectivity index is 2.84. The van der Waals surface area contributed by atoms with E-state index in [9.17, 15) is 18.0 Å². The predicted octanol–water partition coefficient (Wildman–Crippen LogP) is 3.15. The van der Waals surface area contributed by atoms with Gasteiger partial charge in [-0.3, -0.25) is 0 Å². The number of aromatic carboxylic acids is 1. The summed E-state index contributed by atoms with van der Waals surface area (Å²) in [6, 6.07) is 3.28. The third-order valence-electron chi connectivity index (χ3n) is 2.14. The molecular weight excluding hydrogens is 225 g/mol. The molecule has 3 nitrogen and oxygen atoms in total. The lowest BCUT2D eigenvalue weighted by atomic mass is 10.1. The van der Waals surface area contributed by atoms with Gasteiger partial charge in [0, 0.05) is 5.39 Å². The summed E-state index contributed by atoms with van der Waals surface area (Å²) in [6.07, 6.45) is -3.80. The number of hydrogen-bond acceptors (Lipinski definition) is 2. The van der Waals surface area contributed by atoms with Crippen molar-refractivity contribution in [3.05, 3.63) is 35.6 Å². The second-order valence-corrected chi connectivity index (χ2v) is 3.13. The van der Waals surface area contributed by atoms with Gasteiger partial charge in [0.2, 0.25) is 0 Å². The fourth-order valence-electron chi connectivity index (χ4n) is 1.48. The van der Waals surface area contributed by atoms with E-state index in [-0.39, 0.29) is 5.58 Å². The number of alkyl halides is 3. The Hall–Kier alpha value is -1.98. The Kier molecular flexibility index (Phi) is 2.15.